The van der Waals surface area contributed by atoms with Crippen molar-refractivity contribution in [3.63, 3.8) is 0 Å². The summed E-state index contributed by atoms with van der Waals surface area (Å²) in [5, 5.41) is 0. The first-order chi connectivity index (χ1) is 10.7. The molecule has 3 heterocycles. The number of hydrogen-bond acceptors (Lipinski definition) is 5. The molecule has 0 radical (unpaired) electrons. The zero-order valence-corrected chi connectivity index (χ0v) is 12.7. The number of methoxy groups -OCH3 is 1. The minimum Gasteiger partial charge on any atom is -0.492 e. The van der Waals surface area contributed by atoms with Crippen molar-refractivity contribution < 1.29 is 19.0 Å². The Morgan fingerprint density at radius 1 is 1.36 bits per heavy atom. The predicted molar refractivity (Wildman–Crippen MR) is 78.5 cm³/mol. The summed E-state index contributed by atoms with van der Waals surface area (Å²) in [6, 6.07) is 2.51. The number of carbonyl (C=O) groups excluding carboxylic acids is 1. The average molecular weight is 301 g/mol. The molecule has 1 saturated carbocycles. The lowest BCUT2D eigenvalue weighted by Crippen LogP contribution is -2.50. The number of Topliss-reactive ketones (excluding diaryl/α,β-unsaturated/α-hetero) is 1. The fraction of sp³-hybridized carbons (Fsp3) is 0.588. The maximum absolute atomic E-state index is 12.0. The lowest BCUT2D eigenvalue weighted by molar-refractivity contribution is -0.123. The second-order valence-electron chi connectivity index (χ2n) is 6.80. The molecule has 2 bridgehead atoms. The monoisotopic (exact) mass is 301 g/mol. The summed E-state index contributed by atoms with van der Waals surface area (Å²) >= 11 is 0. The van der Waals surface area contributed by atoms with Crippen molar-refractivity contribution in [1.82, 2.24) is 4.90 Å². The summed E-state index contributed by atoms with van der Waals surface area (Å²) in [5.41, 5.74) is 2.66. The summed E-state index contributed by atoms with van der Waals surface area (Å²) in [4.78, 5) is 14.4. The molecule has 5 nitrogen and oxygen atoms in total. The van der Waals surface area contributed by atoms with Crippen LogP contribution in [0.3, 0.4) is 0 Å². The molecule has 1 aliphatic carbocycles. The van der Waals surface area contributed by atoms with Gasteiger partial charge in [0, 0.05) is 36.4 Å². The van der Waals surface area contributed by atoms with Crippen LogP contribution in [0.4, 0.5) is 0 Å². The van der Waals surface area contributed by atoms with Gasteiger partial charge in [0.1, 0.15) is 5.78 Å². The van der Waals surface area contributed by atoms with Gasteiger partial charge in [-0.25, -0.2) is 0 Å². The number of rotatable bonds is 1. The highest BCUT2D eigenvalue weighted by molar-refractivity contribution is 5.81. The van der Waals surface area contributed by atoms with Crippen LogP contribution in [0.25, 0.3) is 0 Å². The Labute approximate surface area is 129 Å². The number of ketones is 1. The highest BCUT2D eigenvalue weighted by Crippen LogP contribution is 2.58. The smallest absolute Gasteiger partial charge is 0.231 e. The van der Waals surface area contributed by atoms with Gasteiger partial charge in [-0.2, -0.15) is 0 Å². The lowest BCUT2D eigenvalue weighted by Gasteiger charge is -2.46. The number of ether oxygens (including phenoxy) is 3. The van der Waals surface area contributed by atoms with Crippen LogP contribution in [-0.4, -0.2) is 37.2 Å². The van der Waals surface area contributed by atoms with Crippen LogP contribution in [0.5, 0.6) is 17.2 Å². The average Bonchev–Trinajstić information content (AvgIpc) is 3.08. The Hall–Kier alpha value is -1.75. The van der Waals surface area contributed by atoms with Gasteiger partial charge in [0.15, 0.2) is 11.5 Å². The lowest BCUT2D eigenvalue weighted by atomic mass is 9.63. The molecule has 5 rings (SSSR count). The van der Waals surface area contributed by atoms with Crippen molar-refractivity contribution in [2.75, 3.05) is 20.4 Å². The molecule has 0 aromatic heterocycles. The molecule has 3 aliphatic heterocycles. The summed E-state index contributed by atoms with van der Waals surface area (Å²) in [7, 11) is 1.70. The van der Waals surface area contributed by atoms with E-state index in [1.807, 2.05) is 0 Å². The third-order valence-corrected chi connectivity index (χ3v) is 6.02. The molecule has 1 saturated heterocycles. The Kier molecular flexibility index (Phi) is 2.41. The number of benzene rings is 1. The van der Waals surface area contributed by atoms with Crippen molar-refractivity contribution in [2.45, 2.75) is 43.7 Å². The molecular formula is C17H19NO4. The Morgan fingerprint density at radius 2 is 2.27 bits per heavy atom. The summed E-state index contributed by atoms with van der Waals surface area (Å²) in [6.07, 6.45) is 3.46. The predicted octanol–water partition coefficient (Wildman–Crippen LogP) is 2.00. The van der Waals surface area contributed by atoms with Crippen LogP contribution in [0, 0.1) is 0 Å². The summed E-state index contributed by atoms with van der Waals surface area (Å²) in [5.74, 6) is 2.76. The van der Waals surface area contributed by atoms with E-state index in [2.05, 4.69) is 11.0 Å². The minimum atomic E-state index is 0.0930. The minimum absolute atomic E-state index is 0.0930. The zero-order chi connectivity index (χ0) is 14.9. The van der Waals surface area contributed by atoms with Crippen molar-refractivity contribution >= 4 is 5.78 Å². The van der Waals surface area contributed by atoms with E-state index in [1.165, 1.54) is 11.1 Å². The first-order valence-electron chi connectivity index (χ1n) is 7.98. The molecule has 0 spiro atoms. The largest absolute Gasteiger partial charge is 0.492 e. The second kappa shape index (κ2) is 4.16. The zero-order valence-electron chi connectivity index (χ0n) is 12.7. The van der Waals surface area contributed by atoms with Gasteiger partial charge < -0.3 is 14.2 Å². The molecule has 1 aromatic carbocycles. The van der Waals surface area contributed by atoms with Crippen molar-refractivity contribution in [3.8, 4) is 17.2 Å². The highest BCUT2D eigenvalue weighted by Gasteiger charge is 2.55. The van der Waals surface area contributed by atoms with Crippen LogP contribution < -0.4 is 14.2 Å². The second-order valence-corrected chi connectivity index (χ2v) is 6.80. The van der Waals surface area contributed by atoms with Crippen LogP contribution in [0.1, 0.15) is 36.8 Å². The SMILES string of the molecule is COc1c2c(cc3c1OCO3)[C@]13CCC(=O)C[C@H]1N(CC3)C2. The van der Waals surface area contributed by atoms with Crippen LogP contribution >= 0.6 is 0 Å². The van der Waals surface area contributed by atoms with E-state index >= 15 is 0 Å². The molecule has 5 heteroatoms. The fourth-order valence-corrected chi connectivity index (χ4v) is 5.02. The maximum atomic E-state index is 12.0. The molecule has 4 aliphatic rings. The van der Waals surface area contributed by atoms with Crippen LogP contribution in [0.15, 0.2) is 6.07 Å². The van der Waals surface area contributed by atoms with Gasteiger partial charge in [0.2, 0.25) is 12.5 Å². The Morgan fingerprint density at radius 3 is 3.14 bits per heavy atom. The Bertz CT molecular complexity index is 686. The van der Waals surface area contributed by atoms with E-state index in [1.54, 1.807) is 7.11 Å². The third-order valence-electron chi connectivity index (χ3n) is 6.02. The standard InChI is InChI=1S/C17H19NO4/c1-20-15-11-8-18-5-4-17(3-2-10(19)6-14(17)18)12(11)7-13-16(15)22-9-21-13/h7,14H,2-6,8-9H2,1H3/t14-,17-/m1/s1. The van der Waals surface area contributed by atoms with Gasteiger partial charge in [-0.05, 0) is 31.0 Å². The first-order valence-corrected chi connectivity index (χ1v) is 7.98. The normalized spacial score (nSPS) is 34.3. The first kappa shape index (κ1) is 12.8. The molecule has 22 heavy (non-hydrogen) atoms. The molecule has 3 atom stereocenters. The van der Waals surface area contributed by atoms with Crippen molar-refractivity contribution in [3.05, 3.63) is 17.2 Å². The summed E-state index contributed by atoms with van der Waals surface area (Å²) < 4.78 is 16.9. The molecule has 0 amide bonds. The topological polar surface area (TPSA) is 48.0 Å². The van der Waals surface area contributed by atoms with E-state index in [0.717, 1.165) is 43.2 Å². The van der Waals surface area contributed by atoms with Gasteiger partial charge in [0.25, 0.3) is 0 Å². The van der Waals surface area contributed by atoms with Crippen molar-refractivity contribution in [1.29, 1.82) is 0 Å². The van der Waals surface area contributed by atoms with E-state index in [0.29, 0.717) is 24.7 Å². The van der Waals surface area contributed by atoms with Gasteiger partial charge in [0.05, 0.1) is 7.11 Å². The molecule has 1 aromatic rings. The fourth-order valence-electron chi connectivity index (χ4n) is 5.02. The number of fused-ring (bicyclic) bond motifs is 2. The van der Waals surface area contributed by atoms with Crippen molar-refractivity contribution in [2.24, 2.45) is 0 Å². The molecule has 116 valence electrons. The van der Waals surface area contributed by atoms with E-state index < -0.39 is 0 Å². The van der Waals surface area contributed by atoms with Gasteiger partial charge in [-0.3, -0.25) is 9.69 Å². The summed E-state index contributed by atoms with van der Waals surface area (Å²) in [6.45, 7) is 2.16. The van der Waals surface area contributed by atoms with Gasteiger partial charge in [-0.15, -0.1) is 0 Å². The van der Waals surface area contributed by atoms with Crippen LogP contribution in [-0.2, 0) is 16.8 Å². The molecule has 1 unspecified atom stereocenters. The van der Waals surface area contributed by atoms with E-state index in [9.17, 15) is 4.79 Å². The van der Waals surface area contributed by atoms with E-state index in [4.69, 9.17) is 14.2 Å². The molecule has 0 N–H and O–H groups in total. The number of carbonyl (C=O) groups is 1. The highest BCUT2D eigenvalue weighted by atomic mass is 16.7. The molecule has 2 fully saturated rings. The molecular weight excluding hydrogens is 282 g/mol. The maximum Gasteiger partial charge on any atom is 0.231 e. The number of nitrogens with zero attached hydrogens (tertiary/aromatic N) is 1. The van der Waals surface area contributed by atoms with Gasteiger partial charge in [-0.1, -0.05) is 0 Å². The Balaban J connectivity index is 1.74. The van der Waals surface area contributed by atoms with E-state index in [-0.39, 0.29) is 12.2 Å². The van der Waals surface area contributed by atoms with Gasteiger partial charge >= 0.3 is 0 Å². The third kappa shape index (κ3) is 1.40. The quantitative estimate of drug-likeness (QED) is 0.794. The van der Waals surface area contributed by atoms with Crippen LogP contribution in [0.2, 0.25) is 0 Å². The number of hydrogen-bond donors (Lipinski definition) is 0.